The van der Waals surface area contributed by atoms with Crippen molar-refractivity contribution < 1.29 is 14.7 Å². The molecule has 98 valence electrons. The van der Waals surface area contributed by atoms with E-state index < -0.39 is 11.9 Å². The summed E-state index contributed by atoms with van der Waals surface area (Å²) in [5.74, 6) is -0.763. The molecule has 1 aliphatic rings. The molecule has 0 bridgehead atoms. The SMILES string of the molecule is NC(=O)CC(N)C(=O)N1CCCC1CCCO. The molecule has 17 heavy (non-hydrogen) atoms. The number of rotatable bonds is 6. The summed E-state index contributed by atoms with van der Waals surface area (Å²) in [6, 6.07) is -0.684. The van der Waals surface area contributed by atoms with Crippen LogP contribution >= 0.6 is 0 Å². The largest absolute Gasteiger partial charge is 0.396 e. The van der Waals surface area contributed by atoms with E-state index in [2.05, 4.69) is 0 Å². The summed E-state index contributed by atoms with van der Waals surface area (Å²) in [6.45, 7) is 0.813. The number of aliphatic hydroxyl groups is 1. The van der Waals surface area contributed by atoms with Crippen LogP contribution in [0.15, 0.2) is 0 Å². The van der Waals surface area contributed by atoms with Crippen molar-refractivity contribution in [2.75, 3.05) is 13.2 Å². The van der Waals surface area contributed by atoms with Crippen LogP contribution in [0.5, 0.6) is 0 Å². The molecule has 1 rings (SSSR count). The highest BCUT2D eigenvalue weighted by atomic mass is 16.3. The second-order valence-electron chi connectivity index (χ2n) is 4.47. The second-order valence-corrected chi connectivity index (χ2v) is 4.47. The molecular formula is C11H21N3O3. The third kappa shape index (κ3) is 3.98. The molecule has 2 amide bonds. The molecule has 0 radical (unpaired) electrons. The molecule has 1 heterocycles. The lowest BCUT2D eigenvalue weighted by Gasteiger charge is -2.27. The first-order valence-corrected chi connectivity index (χ1v) is 6.01. The Morgan fingerprint density at radius 3 is 2.76 bits per heavy atom. The smallest absolute Gasteiger partial charge is 0.240 e. The standard InChI is InChI=1S/C11H21N3O3/c12-9(7-10(13)16)11(17)14-5-1-3-8(14)4-2-6-15/h8-9,15H,1-7,12H2,(H2,13,16). The molecule has 1 aliphatic heterocycles. The molecule has 6 heteroatoms. The number of likely N-dealkylation sites (tertiary alicyclic amines) is 1. The maximum absolute atomic E-state index is 12.0. The molecule has 1 fully saturated rings. The van der Waals surface area contributed by atoms with Crippen LogP contribution in [0.4, 0.5) is 0 Å². The van der Waals surface area contributed by atoms with Crippen LogP contribution in [0.1, 0.15) is 32.1 Å². The molecule has 0 aromatic heterocycles. The topological polar surface area (TPSA) is 110 Å². The van der Waals surface area contributed by atoms with Crippen LogP contribution in [0.2, 0.25) is 0 Å². The Bertz CT molecular complexity index is 283. The van der Waals surface area contributed by atoms with Gasteiger partial charge in [-0.3, -0.25) is 9.59 Å². The summed E-state index contributed by atoms with van der Waals surface area (Å²) in [6.07, 6.45) is 3.24. The van der Waals surface area contributed by atoms with E-state index in [0.717, 1.165) is 19.3 Å². The van der Waals surface area contributed by atoms with Gasteiger partial charge >= 0.3 is 0 Å². The number of hydrogen-bond donors (Lipinski definition) is 3. The van der Waals surface area contributed by atoms with Crippen LogP contribution in [-0.2, 0) is 9.59 Å². The fourth-order valence-corrected chi connectivity index (χ4v) is 2.27. The number of nitrogens with zero attached hydrogens (tertiary/aromatic N) is 1. The number of primary amides is 1. The molecule has 1 saturated heterocycles. The number of carbonyl (C=O) groups is 2. The van der Waals surface area contributed by atoms with Crippen molar-refractivity contribution in [3.05, 3.63) is 0 Å². The zero-order valence-corrected chi connectivity index (χ0v) is 9.97. The highest BCUT2D eigenvalue weighted by Crippen LogP contribution is 2.22. The van der Waals surface area contributed by atoms with Crippen molar-refractivity contribution in [3.63, 3.8) is 0 Å². The molecule has 2 atom stereocenters. The Balaban J connectivity index is 2.51. The number of nitrogens with two attached hydrogens (primary N) is 2. The number of hydrogen-bond acceptors (Lipinski definition) is 4. The minimum Gasteiger partial charge on any atom is -0.396 e. The van der Waals surface area contributed by atoms with Crippen LogP contribution in [0, 0.1) is 0 Å². The van der Waals surface area contributed by atoms with Crippen molar-refractivity contribution in [1.82, 2.24) is 4.90 Å². The predicted molar refractivity (Wildman–Crippen MR) is 62.8 cm³/mol. The molecule has 0 aromatic carbocycles. The van der Waals surface area contributed by atoms with Crippen LogP contribution in [0.25, 0.3) is 0 Å². The average molecular weight is 243 g/mol. The fraction of sp³-hybridized carbons (Fsp3) is 0.818. The fourth-order valence-electron chi connectivity index (χ4n) is 2.27. The Kier molecular flexibility index (Phi) is 5.37. The van der Waals surface area contributed by atoms with E-state index in [4.69, 9.17) is 16.6 Å². The Labute approximate surface area is 101 Å². The van der Waals surface area contributed by atoms with E-state index >= 15 is 0 Å². The highest BCUT2D eigenvalue weighted by Gasteiger charge is 2.31. The van der Waals surface area contributed by atoms with Crippen molar-refractivity contribution in [1.29, 1.82) is 0 Å². The van der Waals surface area contributed by atoms with Crippen LogP contribution in [0.3, 0.4) is 0 Å². The van der Waals surface area contributed by atoms with E-state index in [9.17, 15) is 9.59 Å². The minimum absolute atomic E-state index is 0.109. The lowest BCUT2D eigenvalue weighted by molar-refractivity contribution is -0.135. The monoisotopic (exact) mass is 243 g/mol. The molecule has 0 aliphatic carbocycles. The van der Waals surface area contributed by atoms with Gasteiger partial charge in [-0.25, -0.2) is 0 Å². The summed E-state index contributed by atoms with van der Waals surface area (Å²) >= 11 is 0. The number of amides is 2. The quantitative estimate of drug-likeness (QED) is 0.553. The first-order chi connectivity index (χ1) is 8.06. The van der Waals surface area contributed by atoms with Crippen LogP contribution in [-0.4, -0.2) is 47.1 Å². The lowest BCUT2D eigenvalue weighted by atomic mass is 10.1. The van der Waals surface area contributed by atoms with E-state index in [1.54, 1.807) is 4.90 Å². The van der Waals surface area contributed by atoms with E-state index in [1.807, 2.05) is 0 Å². The van der Waals surface area contributed by atoms with Crippen LogP contribution < -0.4 is 11.5 Å². The zero-order valence-electron chi connectivity index (χ0n) is 9.97. The Morgan fingerprint density at radius 1 is 1.47 bits per heavy atom. The summed E-state index contributed by atoms with van der Waals surface area (Å²) in [4.78, 5) is 24.4. The second kappa shape index (κ2) is 6.56. The van der Waals surface area contributed by atoms with E-state index in [1.165, 1.54) is 0 Å². The Morgan fingerprint density at radius 2 is 2.18 bits per heavy atom. The van der Waals surface area contributed by atoms with Gasteiger partial charge in [-0.05, 0) is 25.7 Å². The lowest BCUT2D eigenvalue weighted by Crippen LogP contribution is -2.47. The van der Waals surface area contributed by atoms with Gasteiger partial charge in [0.2, 0.25) is 11.8 Å². The molecule has 0 aromatic rings. The summed E-state index contributed by atoms with van der Waals surface area (Å²) < 4.78 is 0. The number of aliphatic hydroxyl groups excluding tert-OH is 1. The van der Waals surface area contributed by atoms with Gasteiger partial charge in [0.1, 0.15) is 0 Å². The minimum atomic E-state index is -0.831. The van der Waals surface area contributed by atoms with Gasteiger partial charge in [0, 0.05) is 19.2 Å². The molecule has 6 nitrogen and oxygen atoms in total. The van der Waals surface area contributed by atoms with Gasteiger partial charge < -0.3 is 21.5 Å². The zero-order chi connectivity index (χ0) is 12.8. The highest BCUT2D eigenvalue weighted by molar-refractivity contribution is 5.87. The molecule has 5 N–H and O–H groups in total. The maximum Gasteiger partial charge on any atom is 0.240 e. The van der Waals surface area contributed by atoms with Crippen molar-refractivity contribution in [2.24, 2.45) is 11.5 Å². The summed E-state index contributed by atoms with van der Waals surface area (Å²) in [7, 11) is 0. The van der Waals surface area contributed by atoms with Gasteiger partial charge in [0.25, 0.3) is 0 Å². The first-order valence-electron chi connectivity index (χ1n) is 6.01. The van der Waals surface area contributed by atoms with Gasteiger partial charge in [0.15, 0.2) is 0 Å². The van der Waals surface area contributed by atoms with Crippen molar-refractivity contribution in [3.8, 4) is 0 Å². The van der Waals surface area contributed by atoms with Gasteiger partial charge in [-0.15, -0.1) is 0 Å². The third-order valence-electron chi connectivity index (χ3n) is 3.09. The third-order valence-corrected chi connectivity index (χ3v) is 3.09. The summed E-state index contributed by atoms with van der Waals surface area (Å²) in [5.41, 5.74) is 10.7. The number of carbonyl (C=O) groups excluding carboxylic acids is 2. The first kappa shape index (κ1) is 13.9. The molecule has 0 spiro atoms. The van der Waals surface area contributed by atoms with E-state index in [0.29, 0.717) is 13.0 Å². The summed E-state index contributed by atoms with van der Waals surface area (Å²) in [5, 5.41) is 8.79. The predicted octanol–water partition coefficient (Wildman–Crippen LogP) is -1.05. The normalized spacial score (nSPS) is 21.5. The van der Waals surface area contributed by atoms with Gasteiger partial charge in [-0.1, -0.05) is 0 Å². The maximum atomic E-state index is 12.0. The molecular weight excluding hydrogens is 222 g/mol. The van der Waals surface area contributed by atoms with Gasteiger partial charge in [0.05, 0.1) is 12.5 Å². The van der Waals surface area contributed by atoms with Crippen molar-refractivity contribution in [2.45, 2.75) is 44.2 Å². The van der Waals surface area contributed by atoms with Gasteiger partial charge in [-0.2, -0.15) is 0 Å². The van der Waals surface area contributed by atoms with Crippen molar-refractivity contribution >= 4 is 11.8 Å². The average Bonchev–Trinajstić information content (AvgIpc) is 2.72. The Hall–Kier alpha value is -1.14. The molecule has 0 saturated carbocycles. The van der Waals surface area contributed by atoms with E-state index in [-0.39, 0.29) is 25.0 Å². The molecule has 2 unspecified atom stereocenters.